The third-order valence-corrected chi connectivity index (χ3v) is 4.62. The lowest BCUT2D eigenvalue weighted by molar-refractivity contribution is 0.123. The molecule has 0 bridgehead atoms. The molecule has 6 heteroatoms. The van der Waals surface area contributed by atoms with Gasteiger partial charge in [-0.25, -0.2) is 9.97 Å². The Morgan fingerprint density at radius 2 is 1.71 bits per heavy atom. The smallest absolute Gasteiger partial charge is 0.145 e. The zero-order valence-corrected chi connectivity index (χ0v) is 14.1. The van der Waals surface area contributed by atoms with E-state index in [1.165, 1.54) is 0 Å². The van der Waals surface area contributed by atoms with Crippen LogP contribution in [0.3, 0.4) is 0 Å². The van der Waals surface area contributed by atoms with Crippen LogP contribution in [0.25, 0.3) is 10.9 Å². The van der Waals surface area contributed by atoms with Gasteiger partial charge < -0.3 is 10.6 Å². The summed E-state index contributed by atoms with van der Waals surface area (Å²) in [6.07, 6.45) is 2.77. The monoisotopic (exact) mass is 331 g/mol. The first-order chi connectivity index (χ1) is 11.8. The normalized spacial score (nSPS) is 16.7. The zero-order chi connectivity index (χ0) is 16.8. The molecule has 1 aliphatic rings. The largest absolute Gasteiger partial charge is 0.383 e. The summed E-state index contributed by atoms with van der Waals surface area (Å²) >= 11 is 0. The van der Waals surface area contributed by atoms with Crippen LogP contribution in [0.2, 0.25) is 0 Å². The summed E-state index contributed by atoms with van der Waals surface area (Å²) in [5, 5.41) is 0.916. The van der Waals surface area contributed by atoms with Crippen molar-refractivity contribution in [3.63, 3.8) is 0 Å². The minimum absolute atomic E-state index is 0.192. The van der Waals surface area contributed by atoms with E-state index < -0.39 is 0 Å². The lowest BCUT2D eigenvalue weighted by Gasteiger charge is -2.34. The van der Waals surface area contributed by atoms with Crippen molar-refractivity contribution < 1.29 is 4.39 Å². The number of piperazine rings is 1. The maximum Gasteiger partial charge on any atom is 0.145 e. The molecule has 0 atom stereocenters. The number of nitrogens with two attached hydrogens (primary N) is 1. The molecule has 24 heavy (non-hydrogen) atoms. The molecule has 2 aromatic rings. The number of halogens is 1. The number of fused-ring (bicyclic) bond motifs is 1. The van der Waals surface area contributed by atoms with E-state index in [0.717, 1.165) is 68.8 Å². The summed E-state index contributed by atoms with van der Waals surface area (Å²) in [6.45, 7) is 5.76. The third-order valence-electron chi connectivity index (χ3n) is 4.62. The predicted molar refractivity (Wildman–Crippen MR) is 95.5 cm³/mol. The van der Waals surface area contributed by atoms with Gasteiger partial charge in [-0.1, -0.05) is 12.1 Å². The van der Waals surface area contributed by atoms with Crippen LogP contribution < -0.4 is 5.73 Å². The number of anilines is 1. The van der Waals surface area contributed by atoms with Gasteiger partial charge in [-0.3, -0.25) is 9.29 Å². The van der Waals surface area contributed by atoms with Crippen LogP contribution in [0.4, 0.5) is 10.2 Å². The molecule has 1 saturated heterocycles. The first-order valence-corrected chi connectivity index (χ1v) is 8.78. The Labute approximate surface area is 142 Å². The number of alkyl halides is 1. The minimum Gasteiger partial charge on any atom is -0.383 e. The fourth-order valence-corrected chi connectivity index (χ4v) is 3.20. The van der Waals surface area contributed by atoms with E-state index in [2.05, 4.69) is 19.8 Å². The van der Waals surface area contributed by atoms with Crippen LogP contribution in [0.5, 0.6) is 0 Å². The maximum atomic E-state index is 12.1. The van der Waals surface area contributed by atoms with Gasteiger partial charge in [0.05, 0.1) is 18.7 Å². The highest BCUT2D eigenvalue weighted by Crippen LogP contribution is 2.18. The second-order valence-corrected chi connectivity index (χ2v) is 6.41. The lowest BCUT2D eigenvalue weighted by atomic mass is 10.2. The Morgan fingerprint density at radius 3 is 2.50 bits per heavy atom. The molecule has 0 amide bonds. The topological polar surface area (TPSA) is 58.3 Å². The molecule has 1 aromatic heterocycles. The van der Waals surface area contributed by atoms with Gasteiger partial charge in [-0.05, 0) is 37.9 Å². The molecule has 1 aliphatic heterocycles. The summed E-state index contributed by atoms with van der Waals surface area (Å²) in [5.41, 5.74) is 6.97. The number of aromatic nitrogens is 2. The van der Waals surface area contributed by atoms with Crippen molar-refractivity contribution in [1.29, 1.82) is 0 Å². The van der Waals surface area contributed by atoms with Crippen molar-refractivity contribution in [3.05, 3.63) is 30.1 Å². The predicted octanol–water partition coefficient (Wildman–Crippen LogP) is 2.47. The first kappa shape index (κ1) is 17.0. The van der Waals surface area contributed by atoms with E-state index in [0.29, 0.717) is 12.2 Å². The fraction of sp³-hybridized carbons (Fsp3) is 0.556. The van der Waals surface area contributed by atoms with Gasteiger partial charge in [0.2, 0.25) is 0 Å². The Kier molecular flexibility index (Phi) is 5.93. The van der Waals surface area contributed by atoms with Gasteiger partial charge >= 0.3 is 0 Å². The number of para-hydroxylation sites is 1. The average Bonchev–Trinajstić information content (AvgIpc) is 2.60. The molecular weight excluding hydrogens is 305 g/mol. The van der Waals surface area contributed by atoms with E-state index in [9.17, 15) is 4.39 Å². The van der Waals surface area contributed by atoms with Crippen molar-refractivity contribution >= 4 is 16.7 Å². The summed E-state index contributed by atoms with van der Waals surface area (Å²) in [6, 6.07) is 7.86. The van der Waals surface area contributed by atoms with Gasteiger partial charge in [0.1, 0.15) is 11.6 Å². The molecule has 0 radical (unpaired) electrons. The standard InChI is InChI=1S/C18H26FN5/c19-8-4-1-5-9-23-10-12-24(13-11-23)14-17-21-16-7-3-2-6-15(16)18(20)22-17/h2-3,6-7H,1,4-5,8-14H2,(H2,20,21,22). The zero-order valence-electron chi connectivity index (χ0n) is 14.1. The number of hydrogen-bond acceptors (Lipinski definition) is 5. The Hall–Kier alpha value is -1.79. The van der Waals surface area contributed by atoms with E-state index >= 15 is 0 Å². The van der Waals surface area contributed by atoms with Crippen LogP contribution >= 0.6 is 0 Å². The van der Waals surface area contributed by atoms with Gasteiger partial charge in [0.25, 0.3) is 0 Å². The molecule has 3 rings (SSSR count). The molecule has 2 heterocycles. The Bertz CT molecular complexity index is 655. The number of benzene rings is 1. The van der Waals surface area contributed by atoms with E-state index in [4.69, 9.17) is 5.73 Å². The van der Waals surface area contributed by atoms with Crippen LogP contribution in [-0.4, -0.2) is 59.2 Å². The molecule has 0 spiro atoms. The number of nitrogen functional groups attached to an aromatic ring is 1. The Morgan fingerprint density at radius 1 is 0.958 bits per heavy atom. The molecular formula is C18H26FN5. The van der Waals surface area contributed by atoms with Crippen LogP contribution in [-0.2, 0) is 6.54 Å². The number of hydrogen-bond donors (Lipinski definition) is 1. The van der Waals surface area contributed by atoms with Crippen LogP contribution in [0.15, 0.2) is 24.3 Å². The molecule has 0 saturated carbocycles. The molecule has 1 aromatic carbocycles. The highest BCUT2D eigenvalue weighted by Gasteiger charge is 2.18. The van der Waals surface area contributed by atoms with E-state index in [1.807, 2.05) is 24.3 Å². The van der Waals surface area contributed by atoms with Crippen molar-refractivity contribution in [2.24, 2.45) is 0 Å². The number of rotatable bonds is 7. The van der Waals surface area contributed by atoms with E-state index in [-0.39, 0.29) is 6.67 Å². The van der Waals surface area contributed by atoms with Crippen molar-refractivity contribution in [3.8, 4) is 0 Å². The average molecular weight is 331 g/mol. The van der Waals surface area contributed by atoms with E-state index in [1.54, 1.807) is 0 Å². The first-order valence-electron chi connectivity index (χ1n) is 8.78. The second-order valence-electron chi connectivity index (χ2n) is 6.41. The fourth-order valence-electron chi connectivity index (χ4n) is 3.20. The van der Waals surface area contributed by atoms with Crippen molar-refractivity contribution in [2.45, 2.75) is 25.8 Å². The highest BCUT2D eigenvalue weighted by molar-refractivity contribution is 5.87. The molecule has 1 fully saturated rings. The maximum absolute atomic E-state index is 12.1. The summed E-state index contributed by atoms with van der Waals surface area (Å²) in [7, 11) is 0. The third kappa shape index (κ3) is 4.39. The molecule has 5 nitrogen and oxygen atoms in total. The van der Waals surface area contributed by atoms with Crippen molar-refractivity contribution in [2.75, 3.05) is 45.1 Å². The summed E-state index contributed by atoms with van der Waals surface area (Å²) < 4.78 is 12.1. The number of unbranched alkanes of at least 4 members (excludes halogenated alkanes) is 2. The number of nitrogens with zero attached hydrogens (tertiary/aromatic N) is 4. The highest BCUT2D eigenvalue weighted by atomic mass is 19.1. The lowest BCUT2D eigenvalue weighted by Crippen LogP contribution is -2.46. The van der Waals surface area contributed by atoms with Crippen LogP contribution in [0, 0.1) is 0 Å². The second kappa shape index (κ2) is 8.35. The van der Waals surface area contributed by atoms with Gasteiger partial charge in [-0.2, -0.15) is 0 Å². The van der Waals surface area contributed by atoms with Crippen molar-refractivity contribution in [1.82, 2.24) is 19.8 Å². The van der Waals surface area contributed by atoms with Gasteiger partial charge in [0, 0.05) is 31.6 Å². The van der Waals surface area contributed by atoms with Crippen LogP contribution in [0.1, 0.15) is 25.1 Å². The molecule has 2 N–H and O–H groups in total. The quantitative estimate of drug-likeness (QED) is 0.790. The molecule has 0 unspecified atom stereocenters. The minimum atomic E-state index is -0.192. The SMILES string of the molecule is Nc1nc(CN2CCN(CCCCCF)CC2)nc2ccccc12. The summed E-state index contributed by atoms with van der Waals surface area (Å²) in [4.78, 5) is 13.9. The van der Waals surface area contributed by atoms with Gasteiger partial charge in [0.15, 0.2) is 0 Å². The molecule has 130 valence electrons. The Balaban J connectivity index is 1.51. The van der Waals surface area contributed by atoms with Gasteiger partial charge in [-0.15, -0.1) is 0 Å². The molecule has 0 aliphatic carbocycles. The summed E-state index contributed by atoms with van der Waals surface area (Å²) in [5.74, 6) is 1.35.